The van der Waals surface area contributed by atoms with Crippen LogP contribution < -0.4 is 0 Å². The minimum absolute atomic E-state index is 0.0648. The van der Waals surface area contributed by atoms with Crippen molar-refractivity contribution in [3.05, 3.63) is 0 Å². The van der Waals surface area contributed by atoms with E-state index in [1.807, 2.05) is 0 Å². The molecule has 4 heteroatoms. The smallest absolute Gasteiger partial charge is 0.233 e. The monoisotopic (exact) mass is 195 g/mol. The SMILES string of the molecule is O=CCN1C(=O)[C@H]2CCCC[C@H]2C1=O. The van der Waals surface area contributed by atoms with Crippen molar-refractivity contribution < 1.29 is 14.4 Å². The standard InChI is InChI=1S/C10H13NO3/c12-6-5-11-9(13)7-3-1-2-4-8(7)10(11)14/h6-8H,1-5H2/t7-,8+. The highest BCUT2D eigenvalue weighted by atomic mass is 16.2. The van der Waals surface area contributed by atoms with Gasteiger partial charge in [0.25, 0.3) is 0 Å². The van der Waals surface area contributed by atoms with Crippen molar-refractivity contribution in [2.45, 2.75) is 25.7 Å². The lowest BCUT2D eigenvalue weighted by Gasteiger charge is -2.19. The summed E-state index contributed by atoms with van der Waals surface area (Å²) in [5.74, 6) is -0.522. The first-order chi connectivity index (χ1) is 6.75. The number of aldehydes is 1. The van der Waals surface area contributed by atoms with Crippen LogP contribution >= 0.6 is 0 Å². The first-order valence-electron chi connectivity index (χ1n) is 5.04. The molecule has 0 N–H and O–H groups in total. The number of hydrogen-bond acceptors (Lipinski definition) is 3. The molecule has 1 heterocycles. The summed E-state index contributed by atoms with van der Waals surface area (Å²) in [6.45, 7) is -0.0648. The van der Waals surface area contributed by atoms with Gasteiger partial charge in [-0.15, -0.1) is 0 Å². The topological polar surface area (TPSA) is 54.5 Å². The molecule has 2 rings (SSSR count). The summed E-state index contributed by atoms with van der Waals surface area (Å²) in [5, 5.41) is 0. The Hall–Kier alpha value is -1.19. The number of carbonyl (C=O) groups excluding carboxylic acids is 3. The molecule has 0 bridgehead atoms. The maximum atomic E-state index is 11.7. The van der Waals surface area contributed by atoms with Crippen LogP contribution in [-0.2, 0) is 14.4 Å². The fraction of sp³-hybridized carbons (Fsp3) is 0.700. The van der Waals surface area contributed by atoms with Gasteiger partial charge in [0.2, 0.25) is 11.8 Å². The molecule has 1 saturated carbocycles. The Morgan fingerprint density at radius 2 is 1.64 bits per heavy atom. The predicted octanol–water partition coefficient (Wildman–Crippen LogP) is 0.360. The molecule has 4 nitrogen and oxygen atoms in total. The molecule has 2 amide bonds. The van der Waals surface area contributed by atoms with Crippen LogP contribution in [0.2, 0.25) is 0 Å². The fourth-order valence-electron chi connectivity index (χ4n) is 2.49. The third kappa shape index (κ3) is 1.25. The third-order valence-electron chi connectivity index (χ3n) is 3.19. The maximum Gasteiger partial charge on any atom is 0.233 e. The fourth-order valence-corrected chi connectivity index (χ4v) is 2.49. The molecule has 0 radical (unpaired) electrons. The van der Waals surface area contributed by atoms with E-state index in [4.69, 9.17) is 0 Å². The van der Waals surface area contributed by atoms with Gasteiger partial charge in [-0.25, -0.2) is 0 Å². The lowest BCUT2D eigenvalue weighted by molar-refractivity contribution is -0.141. The number of imide groups is 1. The normalized spacial score (nSPS) is 31.9. The zero-order chi connectivity index (χ0) is 10.1. The molecule has 2 aliphatic rings. The third-order valence-corrected chi connectivity index (χ3v) is 3.19. The van der Waals surface area contributed by atoms with Crippen LogP contribution in [0.5, 0.6) is 0 Å². The van der Waals surface area contributed by atoms with Crippen molar-refractivity contribution in [2.24, 2.45) is 11.8 Å². The molecule has 2 fully saturated rings. The van der Waals surface area contributed by atoms with E-state index in [-0.39, 0.29) is 30.2 Å². The molecule has 2 atom stereocenters. The van der Waals surface area contributed by atoms with Gasteiger partial charge in [0.15, 0.2) is 0 Å². The summed E-state index contributed by atoms with van der Waals surface area (Å²) in [7, 11) is 0. The van der Waals surface area contributed by atoms with Crippen LogP contribution in [0.3, 0.4) is 0 Å². The Morgan fingerprint density at radius 1 is 1.14 bits per heavy atom. The minimum atomic E-state index is -0.133. The van der Waals surface area contributed by atoms with E-state index in [1.165, 1.54) is 0 Å². The first kappa shape index (κ1) is 9.37. The second kappa shape index (κ2) is 3.52. The number of fused-ring (bicyclic) bond motifs is 1. The van der Waals surface area contributed by atoms with Crippen molar-refractivity contribution in [1.29, 1.82) is 0 Å². The van der Waals surface area contributed by atoms with Gasteiger partial charge in [0.05, 0.1) is 18.4 Å². The molecule has 0 unspecified atom stereocenters. The number of likely N-dealkylation sites (tertiary alicyclic amines) is 1. The van der Waals surface area contributed by atoms with E-state index in [1.54, 1.807) is 0 Å². The highest BCUT2D eigenvalue weighted by Crippen LogP contribution is 2.37. The van der Waals surface area contributed by atoms with Crippen LogP contribution in [0.15, 0.2) is 0 Å². The van der Waals surface area contributed by atoms with Gasteiger partial charge in [-0.3, -0.25) is 14.5 Å². The van der Waals surface area contributed by atoms with Crippen molar-refractivity contribution in [3.8, 4) is 0 Å². The van der Waals surface area contributed by atoms with Crippen LogP contribution in [-0.4, -0.2) is 29.5 Å². The van der Waals surface area contributed by atoms with Gasteiger partial charge >= 0.3 is 0 Å². The molecule has 0 spiro atoms. The molecule has 1 aliphatic carbocycles. The Labute approximate surface area is 82.3 Å². The Morgan fingerprint density at radius 3 is 2.07 bits per heavy atom. The van der Waals surface area contributed by atoms with Gasteiger partial charge in [0.1, 0.15) is 6.29 Å². The van der Waals surface area contributed by atoms with Crippen molar-refractivity contribution in [3.63, 3.8) is 0 Å². The second-order valence-electron chi connectivity index (χ2n) is 3.95. The largest absolute Gasteiger partial charge is 0.301 e. The van der Waals surface area contributed by atoms with Gasteiger partial charge < -0.3 is 4.79 Å². The van der Waals surface area contributed by atoms with Crippen LogP contribution in [0.4, 0.5) is 0 Å². The summed E-state index contributed by atoms with van der Waals surface area (Å²) < 4.78 is 0. The lowest BCUT2D eigenvalue weighted by Crippen LogP contribution is -2.32. The molecular formula is C10H13NO3. The van der Waals surface area contributed by atoms with Gasteiger partial charge in [-0.05, 0) is 12.8 Å². The predicted molar refractivity (Wildman–Crippen MR) is 48.2 cm³/mol. The summed E-state index contributed by atoms with van der Waals surface area (Å²) in [6, 6.07) is 0. The maximum absolute atomic E-state index is 11.7. The second-order valence-corrected chi connectivity index (χ2v) is 3.95. The van der Waals surface area contributed by atoms with Gasteiger partial charge in [-0.1, -0.05) is 12.8 Å². The number of nitrogens with zero attached hydrogens (tertiary/aromatic N) is 1. The van der Waals surface area contributed by atoms with Crippen LogP contribution in [0, 0.1) is 11.8 Å². The summed E-state index contributed by atoms with van der Waals surface area (Å²) in [6.07, 6.45) is 4.28. The number of hydrogen-bond donors (Lipinski definition) is 0. The van der Waals surface area contributed by atoms with E-state index in [0.717, 1.165) is 30.6 Å². The first-order valence-corrected chi connectivity index (χ1v) is 5.04. The average Bonchev–Trinajstić information content (AvgIpc) is 2.45. The molecular weight excluding hydrogens is 182 g/mol. The number of amides is 2. The summed E-state index contributed by atoms with van der Waals surface area (Å²) in [5.41, 5.74) is 0. The molecule has 76 valence electrons. The van der Waals surface area contributed by atoms with Gasteiger partial charge in [-0.2, -0.15) is 0 Å². The Kier molecular flexibility index (Phi) is 2.35. The van der Waals surface area contributed by atoms with E-state index in [2.05, 4.69) is 0 Å². The average molecular weight is 195 g/mol. The van der Waals surface area contributed by atoms with Crippen LogP contribution in [0.25, 0.3) is 0 Å². The lowest BCUT2D eigenvalue weighted by atomic mass is 9.81. The molecule has 14 heavy (non-hydrogen) atoms. The molecule has 0 aromatic carbocycles. The van der Waals surface area contributed by atoms with E-state index < -0.39 is 0 Å². The van der Waals surface area contributed by atoms with Crippen molar-refractivity contribution in [2.75, 3.05) is 6.54 Å². The summed E-state index contributed by atoms with van der Waals surface area (Å²) >= 11 is 0. The Balaban J connectivity index is 2.19. The minimum Gasteiger partial charge on any atom is -0.301 e. The van der Waals surface area contributed by atoms with E-state index in [0.29, 0.717) is 6.29 Å². The van der Waals surface area contributed by atoms with E-state index >= 15 is 0 Å². The van der Waals surface area contributed by atoms with E-state index in [9.17, 15) is 14.4 Å². The van der Waals surface area contributed by atoms with Crippen LogP contribution in [0.1, 0.15) is 25.7 Å². The quantitative estimate of drug-likeness (QED) is 0.472. The zero-order valence-electron chi connectivity index (χ0n) is 7.94. The van der Waals surface area contributed by atoms with Gasteiger partial charge in [0, 0.05) is 0 Å². The number of rotatable bonds is 2. The van der Waals surface area contributed by atoms with Crippen molar-refractivity contribution in [1.82, 2.24) is 4.90 Å². The highest BCUT2D eigenvalue weighted by molar-refractivity contribution is 6.06. The summed E-state index contributed by atoms with van der Waals surface area (Å²) in [4.78, 5) is 34.8. The highest BCUT2D eigenvalue weighted by Gasteiger charge is 2.47. The Bertz CT molecular complexity index is 263. The molecule has 1 saturated heterocycles. The zero-order valence-corrected chi connectivity index (χ0v) is 7.94. The molecule has 1 aliphatic heterocycles. The number of carbonyl (C=O) groups is 3. The molecule has 0 aromatic heterocycles. The van der Waals surface area contributed by atoms with Crippen molar-refractivity contribution >= 4 is 18.1 Å². The molecule has 0 aromatic rings.